The number of aliphatic carboxylic acids is 1. The maximum absolute atomic E-state index is 11.4. The van der Waals surface area contributed by atoms with E-state index in [1.165, 1.54) is 0 Å². The second-order valence-electron chi connectivity index (χ2n) is 3.55. The highest BCUT2D eigenvalue weighted by Crippen LogP contribution is 2.15. The van der Waals surface area contributed by atoms with Crippen LogP contribution in [0.4, 0.5) is 0 Å². The van der Waals surface area contributed by atoms with Crippen LogP contribution < -0.4 is 5.32 Å². The van der Waals surface area contributed by atoms with Crippen molar-refractivity contribution in [2.75, 3.05) is 0 Å². The van der Waals surface area contributed by atoms with Gasteiger partial charge in [-0.2, -0.15) is 0 Å². The Morgan fingerprint density at radius 3 is 2.47 bits per heavy atom. The molecule has 1 atom stereocenters. The summed E-state index contributed by atoms with van der Waals surface area (Å²) in [6.07, 6.45) is 2.59. The summed E-state index contributed by atoms with van der Waals surface area (Å²) in [5.41, 5.74) is 1.01. The van der Waals surface area contributed by atoms with E-state index in [0.717, 1.165) is 24.1 Å². The number of carboxylic acids is 1. The van der Waals surface area contributed by atoms with Crippen LogP contribution in [0.25, 0.3) is 0 Å². The molecule has 0 saturated heterocycles. The topological polar surface area (TPSA) is 66.4 Å². The number of carbonyl (C=O) groups is 2. The molecule has 0 heterocycles. The average molecular weight is 233 g/mol. The van der Waals surface area contributed by atoms with Gasteiger partial charge >= 0.3 is 5.97 Å². The van der Waals surface area contributed by atoms with Crippen LogP contribution in [0.1, 0.15) is 24.9 Å². The standard InChI is InChI=1S/C13H15NO3/c1-2-11(10-6-4-3-5-7-10)14-12(15)8-9-13(16)17/h3-9,11H,2H2,1H3,(H,14,15)(H,16,17)/b9-8+/t11-/m0/s1. The van der Waals surface area contributed by atoms with E-state index in [1.54, 1.807) is 0 Å². The molecular formula is C13H15NO3. The third-order valence-electron chi connectivity index (χ3n) is 2.30. The second-order valence-corrected chi connectivity index (χ2v) is 3.55. The molecule has 17 heavy (non-hydrogen) atoms. The van der Waals surface area contributed by atoms with Crippen LogP contribution >= 0.6 is 0 Å². The van der Waals surface area contributed by atoms with Crippen molar-refractivity contribution in [1.29, 1.82) is 0 Å². The molecule has 0 aliphatic rings. The Balaban J connectivity index is 2.65. The largest absolute Gasteiger partial charge is 0.478 e. The average Bonchev–Trinajstić information content (AvgIpc) is 2.34. The fourth-order valence-electron chi connectivity index (χ4n) is 1.47. The van der Waals surface area contributed by atoms with Gasteiger partial charge in [0, 0.05) is 12.2 Å². The highest BCUT2D eigenvalue weighted by Gasteiger charge is 2.10. The zero-order chi connectivity index (χ0) is 12.7. The van der Waals surface area contributed by atoms with E-state index in [0.29, 0.717) is 0 Å². The summed E-state index contributed by atoms with van der Waals surface area (Å²) in [6.45, 7) is 1.96. The van der Waals surface area contributed by atoms with Gasteiger partial charge in [-0.05, 0) is 12.0 Å². The first-order valence-electron chi connectivity index (χ1n) is 5.40. The van der Waals surface area contributed by atoms with Crippen molar-refractivity contribution in [2.45, 2.75) is 19.4 Å². The maximum atomic E-state index is 11.4. The third-order valence-corrected chi connectivity index (χ3v) is 2.30. The summed E-state index contributed by atoms with van der Waals surface area (Å²) < 4.78 is 0. The predicted octanol–water partition coefficient (Wildman–Crippen LogP) is 1.89. The van der Waals surface area contributed by atoms with Gasteiger partial charge in [-0.25, -0.2) is 4.79 Å². The Morgan fingerprint density at radius 1 is 1.29 bits per heavy atom. The molecule has 0 aliphatic carbocycles. The molecular weight excluding hydrogens is 218 g/mol. The summed E-state index contributed by atoms with van der Waals surface area (Å²) in [5.74, 6) is -1.53. The molecule has 1 amide bonds. The van der Waals surface area contributed by atoms with Gasteiger partial charge in [0.05, 0.1) is 6.04 Å². The molecule has 1 aromatic rings. The molecule has 0 radical (unpaired) electrons. The minimum atomic E-state index is -1.13. The minimum absolute atomic E-state index is 0.0952. The highest BCUT2D eigenvalue weighted by atomic mass is 16.4. The first kappa shape index (κ1) is 13.0. The van der Waals surface area contributed by atoms with Crippen molar-refractivity contribution in [3.05, 3.63) is 48.0 Å². The van der Waals surface area contributed by atoms with Gasteiger partial charge in [-0.1, -0.05) is 37.3 Å². The van der Waals surface area contributed by atoms with E-state index in [4.69, 9.17) is 5.11 Å². The molecule has 0 aromatic heterocycles. The number of nitrogens with one attached hydrogen (secondary N) is 1. The number of carboxylic acid groups (broad SMARTS) is 1. The number of rotatable bonds is 5. The fourth-order valence-corrected chi connectivity index (χ4v) is 1.47. The smallest absolute Gasteiger partial charge is 0.328 e. The van der Waals surface area contributed by atoms with Crippen molar-refractivity contribution in [1.82, 2.24) is 5.32 Å². The van der Waals surface area contributed by atoms with Crippen LogP contribution in [-0.2, 0) is 9.59 Å². The molecule has 0 aliphatic heterocycles. The lowest BCUT2D eigenvalue weighted by atomic mass is 10.0. The Labute approximate surface area is 100.0 Å². The molecule has 90 valence electrons. The van der Waals surface area contributed by atoms with Crippen LogP contribution in [0, 0.1) is 0 Å². The quantitative estimate of drug-likeness (QED) is 0.763. The first-order chi connectivity index (χ1) is 8.13. The normalized spacial score (nSPS) is 12.3. The van der Waals surface area contributed by atoms with Gasteiger partial charge in [0.25, 0.3) is 0 Å². The van der Waals surface area contributed by atoms with Gasteiger partial charge in [-0.3, -0.25) is 4.79 Å². The van der Waals surface area contributed by atoms with E-state index in [2.05, 4.69) is 5.32 Å². The van der Waals surface area contributed by atoms with Crippen molar-refractivity contribution in [2.24, 2.45) is 0 Å². The first-order valence-corrected chi connectivity index (χ1v) is 5.40. The number of hydrogen-bond donors (Lipinski definition) is 2. The van der Waals surface area contributed by atoms with Crippen LogP contribution in [0.2, 0.25) is 0 Å². The summed E-state index contributed by atoms with van der Waals surface area (Å²) in [5, 5.41) is 11.2. The lowest BCUT2D eigenvalue weighted by Crippen LogP contribution is -2.26. The molecule has 1 aromatic carbocycles. The van der Waals surface area contributed by atoms with Gasteiger partial charge in [-0.15, -0.1) is 0 Å². The molecule has 2 N–H and O–H groups in total. The Bertz CT molecular complexity index is 412. The van der Waals surface area contributed by atoms with E-state index < -0.39 is 11.9 Å². The zero-order valence-corrected chi connectivity index (χ0v) is 9.59. The van der Waals surface area contributed by atoms with Gasteiger partial charge in [0.2, 0.25) is 5.91 Å². The van der Waals surface area contributed by atoms with Gasteiger partial charge in [0.1, 0.15) is 0 Å². The zero-order valence-electron chi connectivity index (χ0n) is 9.59. The number of benzene rings is 1. The van der Waals surface area contributed by atoms with Crippen LogP contribution in [0.5, 0.6) is 0 Å². The minimum Gasteiger partial charge on any atom is -0.478 e. The van der Waals surface area contributed by atoms with Crippen LogP contribution in [0.3, 0.4) is 0 Å². The molecule has 4 heteroatoms. The lowest BCUT2D eigenvalue weighted by molar-refractivity contribution is -0.131. The van der Waals surface area contributed by atoms with E-state index in [1.807, 2.05) is 37.3 Å². The second kappa shape index (κ2) is 6.48. The number of carbonyl (C=O) groups excluding carboxylic acids is 1. The summed E-state index contributed by atoms with van der Waals surface area (Å²) in [6, 6.07) is 9.46. The van der Waals surface area contributed by atoms with E-state index in [9.17, 15) is 9.59 Å². The highest BCUT2D eigenvalue weighted by molar-refractivity contribution is 5.94. The van der Waals surface area contributed by atoms with Crippen molar-refractivity contribution >= 4 is 11.9 Å². The Kier molecular flexibility index (Phi) is 4.94. The van der Waals surface area contributed by atoms with Gasteiger partial charge < -0.3 is 10.4 Å². The van der Waals surface area contributed by atoms with Crippen LogP contribution in [-0.4, -0.2) is 17.0 Å². The third kappa shape index (κ3) is 4.51. The Morgan fingerprint density at radius 2 is 1.94 bits per heavy atom. The molecule has 0 spiro atoms. The summed E-state index contributed by atoms with van der Waals surface area (Å²) in [7, 11) is 0. The predicted molar refractivity (Wildman–Crippen MR) is 64.4 cm³/mol. The molecule has 1 rings (SSSR count). The molecule has 0 saturated carbocycles. The summed E-state index contributed by atoms with van der Waals surface area (Å²) >= 11 is 0. The van der Waals surface area contributed by atoms with E-state index >= 15 is 0 Å². The van der Waals surface area contributed by atoms with Crippen molar-refractivity contribution < 1.29 is 14.7 Å². The molecule has 0 fully saturated rings. The fraction of sp³-hybridized carbons (Fsp3) is 0.231. The van der Waals surface area contributed by atoms with Crippen LogP contribution in [0.15, 0.2) is 42.5 Å². The van der Waals surface area contributed by atoms with E-state index in [-0.39, 0.29) is 6.04 Å². The molecule has 0 bridgehead atoms. The van der Waals surface area contributed by atoms with Gasteiger partial charge in [0.15, 0.2) is 0 Å². The van der Waals surface area contributed by atoms with Crippen molar-refractivity contribution in [3.8, 4) is 0 Å². The SMILES string of the molecule is CC[C@H](NC(=O)/C=C/C(=O)O)c1ccccc1. The molecule has 4 nitrogen and oxygen atoms in total. The lowest BCUT2D eigenvalue weighted by Gasteiger charge is -2.16. The molecule has 0 unspecified atom stereocenters. The Hall–Kier alpha value is -2.10. The van der Waals surface area contributed by atoms with Crippen molar-refractivity contribution in [3.63, 3.8) is 0 Å². The maximum Gasteiger partial charge on any atom is 0.328 e. The number of hydrogen-bond acceptors (Lipinski definition) is 2. The monoisotopic (exact) mass is 233 g/mol. The summed E-state index contributed by atoms with van der Waals surface area (Å²) in [4.78, 5) is 21.7. The number of amides is 1.